The molecule has 1 aliphatic rings. The second-order valence-corrected chi connectivity index (χ2v) is 6.13. The molecule has 0 fully saturated rings. The molecule has 0 aromatic heterocycles. The Morgan fingerprint density at radius 3 is 2.48 bits per heavy atom. The molecular formula is C20H20S. The maximum Gasteiger partial charge on any atom is 0.0121 e. The molecule has 0 aliphatic heterocycles. The van der Waals surface area contributed by atoms with Gasteiger partial charge < -0.3 is 0 Å². The van der Waals surface area contributed by atoms with Gasteiger partial charge >= 0.3 is 0 Å². The lowest BCUT2D eigenvalue weighted by Crippen LogP contribution is -2.08. The molecule has 0 bridgehead atoms. The Morgan fingerprint density at radius 1 is 1.10 bits per heavy atom. The van der Waals surface area contributed by atoms with E-state index in [9.17, 15) is 0 Å². The molecule has 0 spiro atoms. The highest BCUT2D eigenvalue weighted by molar-refractivity contribution is 7.80. The van der Waals surface area contributed by atoms with Crippen molar-refractivity contribution in [3.05, 3.63) is 76.9 Å². The fourth-order valence-electron chi connectivity index (χ4n) is 3.17. The molecule has 0 heterocycles. The molecule has 0 radical (unpaired) electrons. The average molecular weight is 292 g/mol. The molecule has 21 heavy (non-hydrogen) atoms. The van der Waals surface area contributed by atoms with Crippen LogP contribution in [-0.4, -0.2) is 0 Å². The smallest absolute Gasteiger partial charge is 0.0121 e. The molecule has 1 heteroatoms. The van der Waals surface area contributed by atoms with Gasteiger partial charge in [0.25, 0.3) is 0 Å². The zero-order valence-electron chi connectivity index (χ0n) is 12.6. The Kier molecular flexibility index (Phi) is 3.77. The number of allylic oxidation sites excluding steroid dienone is 3. The summed E-state index contributed by atoms with van der Waals surface area (Å²) in [5.74, 6) is 0. The molecule has 0 saturated heterocycles. The minimum absolute atomic E-state index is 0.967. The summed E-state index contributed by atoms with van der Waals surface area (Å²) in [5, 5.41) is 0. The van der Waals surface area contributed by atoms with E-state index < -0.39 is 0 Å². The van der Waals surface area contributed by atoms with Crippen molar-refractivity contribution in [3.8, 4) is 0 Å². The highest BCUT2D eigenvalue weighted by Gasteiger charge is 2.22. The Morgan fingerprint density at radius 2 is 1.81 bits per heavy atom. The summed E-state index contributed by atoms with van der Waals surface area (Å²) >= 11 is 4.62. The van der Waals surface area contributed by atoms with Gasteiger partial charge in [-0.1, -0.05) is 55.5 Å². The molecule has 3 rings (SSSR count). The summed E-state index contributed by atoms with van der Waals surface area (Å²) in [6.45, 7) is 8.69. The van der Waals surface area contributed by atoms with Gasteiger partial charge in [0.15, 0.2) is 0 Å². The quantitative estimate of drug-likeness (QED) is 0.673. The van der Waals surface area contributed by atoms with Crippen molar-refractivity contribution >= 4 is 23.8 Å². The van der Waals surface area contributed by atoms with Crippen LogP contribution in [0.3, 0.4) is 0 Å². The Balaban J connectivity index is 2.16. The highest BCUT2D eigenvalue weighted by Crippen LogP contribution is 2.42. The second-order valence-electron chi connectivity index (χ2n) is 5.64. The molecule has 106 valence electrons. The van der Waals surface area contributed by atoms with Crippen LogP contribution in [0.15, 0.2) is 59.5 Å². The van der Waals surface area contributed by atoms with Crippen molar-refractivity contribution in [1.82, 2.24) is 0 Å². The average Bonchev–Trinajstić information content (AvgIpc) is 2.48. The lowest BCUT2D eigenvalue weighted by Gasteiger charge is -2.26. The van der Waals surface area contributed by atoms with Crippen LogP contribution in [0.4, 0.5) is 0 Å². The maximum absolute atomic E-state index is 4.62. The van der Waals surface area contributed by atoms with Gasteiger partial charge in [-0.25, -0.2) is 0 Å². The zero-order valence-corrected chi connectivity index (χ0v) is 13.5. The van der Waals surface area contributed by atoms with Crippen LogP contribution in [0.2, 0.25) is 0 Å². The first-order chi connectivity index (χ1) is 10.1. The van der Waals surface area contributed by atoms with Gasteiger partial charge in [-0.2, -0.15) is 0 Å². The van der Waals surface area contributed by atoms with Crippen molar-refractivity contribution in [2.24, 2.45) is 0 Å². The molecular weight excluding hydrogens is 272 g/mol. The number of hydrogen-bond donors (Lipinski definition) is 1. The molecule has 0 nitrogen and oxygen atoms in total. The fraction of sp³-hybridized carbons (Fsp3) is 0.200. The lowest BCUT2D eigenvalue weighted by molar-refractivity contribution is 1.09. The summed E-state index contributed by atoms with van der Waals surface area (Å²) in [6.07, 6.45) is 1.97. The van der Waals surface area contributed by atoms with E-state index in [-0.39, 0.29) is 0 Å². The summed E-state index contributed by atoms with van der Waals surface area (Å²) in [6, 6.07) is 15.1. The molecule has 1 aliphatic carbocycles. The summed E-state index contributed by atoms with van der Waals surface area (Å²) in [4.78, 5) is 1.03. The second kappa shape index (κ2) is 5.57. The van der Waals surface area contributed by atoms with E-state index in [0.29, 0.717) is 0 Å². The van der Waals surface area contributed by atoms with Crippen molar-refractivity contribution in [2.75, 3.05) is 0 Å². The number of benzene rings is 2. The first kappa shape index (κ1) is 14.2. The monoisotopic (exact) mass is 292 g/mol. The normalized spacial score (nSPS) is 14.3. The molecule has 0 amide bonds. The van der Waals surface area contributed by atoms with Gasteiger partial charge in [0.1, 0.15) is 0 Å². The first-order valence-electron chi connectivity index (χ1n) is 7.41. The van der Waals surface area contributed by atoms with Crippen LogP contribution in [0.1, 0.15) is 35.6 Å². The predicted molar refractivity (Wildman–Crippen MR) is 94.8 cm³/mol. The van der Waals surface area contributed by atoms with Crippen LogP contribution >= 0.6 is 12.6 Å². The lowest BCUT2D eigenvalue weighted by atomic mass is 9.79. The van der Waals surface area contributed by atoms with E-state index in [0.717, 1.165) is 23.3 Å². The minimum Gasteiger partial charge on any atom is -0.143 e. The Labute approximate surface area is 132 Å². The van der Waals surface area contributed by atoms with Crippen molar-refractivity contribution < 1.29 is 0 Å². The van der Waals surface area contributed by atoms with Gasteiger partial charge in [0.2, 0.25) is 0 Å². The number of hydrogen-bond acceptors (Lipinski definition) is 1. The maximum atomic E-state index is 4.62. The van der Waals surface area contributed by atoms with Crippen LogP contribution in [-0.2, 0) is 6.42 Å². The fourth-order valence-corrected chi connectivity index (χ4v) is 3.53. The molecule has 0 N–H and O–H groups in total. The SMILES string of the molecule is C=C1C(CC)=C(c2ccc(C)cc2)Cc2cccc(S)c21. The van der Waals surface area contributed by atoms with Crippen molar-refractivity contribution in [3.63, 3.8) is 0 Å². The Bertz CT molecular complexity index is 733. The molecule has 0 unspecified atom stereocenters. The number of rotatable bonds is 2. The van der Waals surface area contributed by atoms with E-state index in [2.05, 4.69) is 75.5 Å². The standard InChI is InChI=1S/C20H20S/c1-4-17-14(3)20-16(6-5-7-19(20)21)12-18(17)15-10-8-13(2)9-11-15/h5-11,21H,3-4,12H2,1-2H3. The third-order valence-corrected chi connectivity index (χ3v) is 4.65. The third kappa shape index (κ3) is 2.47. The van der Waals surface area contributed by atoms with Crippen LogP contribution in [0.5, 0.6) is 0 Å². The van der Waals surface area contributed by atoms with Gasteiger partial charge in [-0.05, 0) is 59.2 Å². The topological polar surface area (TPSA) is 0 Å². The van der Waals surface area contributed by atoms with Crippen LogP contribution in [0.25, 0.3) is 11.1 Å². The van der Waals surface area contributed by atoms with Crippen molar-refractivity contribution in [1.29, 1.82) is 0 Å². The number of aryl methyl sites for hydroxylation is 1. The molecule has 0 atom stereocenters. The van der Waals surface area contributed by atoms with E-state index in [1.54, 1.807) is 0 Å². The van der Waals surface area contributed by atoms with Gasteiger partial charge in [0.05, 0.1) is 0 Å². The molecule has 2 aromatic carbocycles. The van der Waals surface area contributed by atoms with Crippen LogP contribution in [0, 0.1) is 6.92 Å². The van der Waals surface area contributed by atoms with E-state index in [4.69, 9.17) is 0 Å². The molecule has 0 saturated carbocycles. The van der Waals surface area contributed by atoms with Gasteiger partial charge in [-0.3, -0.25) is 0 Å². The highest BCUT2D eigenvalue weighted by atomic mass is 32.1. The predicted octanol–water partition coefficient (Wildman–Crippen LogP) is 5.72. The minimum atomic E-state index is 0.967. The largest absolute Gasteiger partial charge is 0.143 e. The van der Waals surface area contributed by atoms with Gasteiger partial charge in [0, 0.05) is 4.90 Å². The third-order valence-electron chi connectivity index (χ3n) is 4.28. The summed E-state index contributed by atoms with van der Waals surface area (Å²) in [7, 11) is 0. The summed E-state index contributed by atoms with van der Waals surface area (Å²) < 4.78 is 0. The number of thiol groups is 1. The zero-order chi connectivity index (χ0) is 15.0. The van der Waals surface area contributed by atoms with E-state index in [1.807, 2.05) is 0 Å². The van der Waals surface area contributed by atoms with E-state index >= 15 is 0 Å². The van der Waals surface area contributed by atoms with Crippen LogP contribution < -0.4 is 0 Å². The Hall–Kier alpha value is -1.73. The van der Waals surface area contributed by atoms with Crippen molar-refractivity contribution in [2.45, 2.75) is 31.6 Å². The molecule has 2 aromatic rings. The van der Waals surface area contributed by atoms with E-state index in [1.165, 1.54) is 33.4 Å². The van der Waals surface area contributed by atoms with Gasteiger partial charge in [-0.15, -0.1) is 12.6 Å². The first-order valence-corrected chi connectivity index (χ1v) is 7.86. The number of fused-ring (bicyclic) bond motifs is 1. The summed E-state index contributed by atoms with van der Waals surface area (Å²) in [5.41, 5.74) is 9.09.